The number of aliphatic imine (C=N–C) groups is 1. The minimum atomic E-state index is -1.52. The van der Waals surface area contributed by atoms with Gasteiger partial charge in [-0.15, -0.1) is 0 Å². The first-order valence-corrected chi connectivity index (χ1v) is 24.9. The summed E-state index contributed by atoms with van der Waals surface area (Å²) >= 11 is 0. The predicted octanol–water partition coefficient (Wildman–Crippen LogP) is -1.18. The molecule has 4 rings (SSSR count). The van der Waals surface area contributed by atoms with Crippen molar-refractivity contribution in [1.29, 1.82) is 0 Å². The second-order valence-electron chi connectivity index (χ2n) is 19.0. The molecule has 16 N–H and O–H groups in total. The summed E-state index contributed by atoms with van der Waals surface area (Å²) in [5.74, 6) is -10.5. The lowest BCUT2D eigenvalue weighted by molar-refractivity contribution is -0.145. The average molecular weight is 1060 g/mol. The SMILES string of the molecule is CC[C@H](C)[C@H](NC(=O)[C@H](Cc1ccc(O)cc1)NC(=O)[C@@H](NC(=O)[C@H](CCCN=C(N)N)NC(=O)[C@@H](N)CC(=O)O)C(C)C)C(=O)N[C@@H](Cc1cnc[nH]1)C(=O)N1CCC[C@H]1C(=O)N[C@@H](Cc1ccc(F)cc1)C(=O)O. The van der Waals surface area contributed by atoms with E-state index in [9.17, 15) is 62.9 Å². The number of benzene rings is 2. The molecule has 0 radical (unpaired) electrons. The number of imidazole rings is 1. The fourth-order valence-corrected chi connectivity index (χ4v) is 8.32. The number of phenolic OH excluding ortho intramolecular Hbond substituents is 1. The van der Waals surface area contributed by atoms with Crippen LogP contribution in [0, 0.1) is 17.7 Å². The van der Waals surface area contributed by atoms with Gasteiger partial charge in [0.2, 0.25) is 41.4 Å². The lowest BCUT2D eigenvalue weighted by Gasteiger charge is -2.32. The lowest BCUT2D eigenvalue weighted by Crippen LogP contribution is -2.62. The lowest BCUT2D eigenvalue weighted by atomic mass is 9.96. The molecule has 0 bridgehead atoms. The molecule has 414 valence electrons. The Hall–Kier alpha value is -8.16. The van der Waals surface area contributed by atoms with Gasteiger partial charge in [0.25, 0.3) is 0 Å². The molecule has 76 heavy (non-hydrogen) atoms. The van der Waals surface area contributed by atoms with Gasteiger partial charge in [0, 0.05) is 44.2 Å². The number of amides is 7. The number of hydrogen-bond acceptors (Lipinski definition) is 13. The summed E-state index contributed by atoms with van der Waals surface area (Å²) in [7, 11) is 0. The van der Waals surface area contributed by atoms with Gasteiger partial charge in [0.15, 0.2) is 5.96 Å². The van der Waals surface area contributed by atoms with Gasteiger partial charge in [-0.05, 0) is 72.9 Å². The van der Waals surface area contributed by atoms with Crippen LogP contribution in [-0.2, 0) is 62.4 Å². The predicted molar refractivity (Wildman–Crippen MR) is 273 cm³/mol. The van der Waals surface area contributed by atoms with E-state index in [1.807, 2.05) is 0 Å². The molecule has 0 aliphatic carbocycles. The molecule has 2 aromatic carbocycles. The molecule has 1 saturated heterocycles. The van der Waals surface area contributed by atoms with Crippen LogP contribution in [-0.4, -0.2) is 151 Å². The molecule has 1 aliphatic rings. The van der Waals surface area contributed by atoms with Gasteiger partial charge in [-0.25, -0.2) is 14.2 Å². The van der Waals surface area contributed by atoms with Crippen LogP contribution in [0.3, 0.4) is 0 Å². The molecular weight excluding hydrogens is 994 g/mol. The maximum absolute atomic E-state index is 14.6. The summed E-state index contributed by atoms with van der Waals surface area (Å²) in [6.45, 7) is 6.80. The van der Waals surface area contributed by atoms with Crippen LogP contribution in [0.4, 0.5) is 4.39 Å². The van der Waals surface area contributed by atoms with Gasteiger partial charge in [-0.1, -0.05) is 58.4 Å². The molecule has 9 atom stereocenters. The number of rotatable bonds is 29. The fourth-order valence-electron chi connectivity index (χ4n) is 8.32. The quantitative estimate of drug-likeness (QED) is 0.0221. The first-order valence-electron chi connectivity index (χ1n) is 24.9. The average Bonchev–Trinajstić information content (AvgIpc) is 4.09. The molecule has 3 aromatic rings. The third-order valence-electron chi connectivity index (χ3n) is 12.8. The van der Waals surface area contributed by atoms with Crippen molar-refractivity contribution in [3.05, 3.63) is 83.7 Å². The molecular formula is C50H70FN13O12. The topological polar surface area (TPSA) is 409 Å². The zero-order valence-corrected chi connectivity index (χ0v) is 42.8. The van der Waals surface area contributed by atoms with Crippen molar-refractivity contribution >= 4 is 59.2 Å². The highest BCUT2D eigenvalue weighted by atomic mass is 19.1. The standard InChI is InChI=1S/C50H70FN13O12/c1-5-27(4)41(47(73)60-36(22-31-24-55-25-57-31)48(74)64-19-7-9-38(64)45(71)61-37(49(75)76)21-28-10-14-30(51)15-11-28)63-44(70)35(20-29-12-16-32(65)17-13-29)59-46(72)40(26(2)3)62-43(69)34(8-6-18-56-50(53)54)58-42(68)33(52)23-39(66)67/h10-17,24-27,33-38,40-41,65H,5-9,18-23,52H2,1-4H3,(H,55,57)(H,58,68)(H,59,72)(H,60,73)(H,61,71)(H,62,69)(H,63,70)(H,66,67)(H,75,76)(H4,53,54,56)/t27-,33-,34-,35-,36-,37-,38-,40-,41-/m0/s1. The third kappa shape index (κ3) is 18.6. The van der Waals surface area contributed by atoms with Crippen LogP contribution >= 0.6 is 0 Å². The molecule has 1 aliphatic heterocycles. The van der Waals surface area contributed by atoms with Gasteiger partial charge in [-0.2, -0.15) is 0 Å². The molecule has 1 aromatic heterocycles. The highest BCUT2D eigenvalue weighted by Crippen LogP contribution is 2.21. The number of aromatic amines is 1. The van der Waals surface area contributed by atoms with Crippen molar-refractivity contribution in [3.8, 4) is 5.75 Å². The number of carbonyl (C=O) groups is 9. The summed E-state index contributed by atoms with van der Waals surface area (Å²) in [6.07, 6.45) is 2.53. The summed E-state index contributed by atoms with van der Waals surface area (Å²) in [5, 5.41) is 44.9. The minimum absolute atomic E-state index is 0.0539. The van der Waals surface area contributed by atoms with Gasteiger partial charge in [0.05, 0.1) is 18.8 Å². The second kappa shape index (κ2) is 29.1. The minimum Gasteiger partial charge on any atom is -0.508 e. The Balaban J connectivity index is 1.59. The van der Waals surface area contributed by atoms with E-state index in [0.29, 0.717) is 29.7 Å². The number of nitrogens with one attached hydrogen (secondary N) is 7. The number of hydrogen-bond donors (Lipinski definition) is 13. The Kier molecular flexibility index (Phi) is 23.1. The van der Waals surface area contributed by atoms with Crippen LogP contribution in [0.2, 0.25) is 0 Å². The molecule has 0 spiro atoms. The van der Waals surface area contributed by atoms with Crippen LogP contribution < -0.4 is 49.1 Å². The van der Waals surface area contributed by atoms with Gasteiger partial charge >= 0.3 is 11.9 Å². The van der Waals surface area contributed by atoms with Crippen molar-refractivity contribution in [2.45, 2.75) is 134 Å². The van der Waals surface area contributed by atoms with Crippen molar-refractivity contribution in [2.75, 3.05) is 13.1 Å². The van der Waals surface area contributed by atoms with Crippen molar-refractivity contribution < 1.29 is 62.9 Å². The van der Waals surface area contributed by atoms with Crippen LogP contribution in [0.1, 0.15) is 83.0 Å². The Morgan fingerprint density at radius 2 is 1.34 bits per heavy atom. The highest BCUT2D eigenvalue weighted by molar-refractivity contribution is 5.98. The number of guanidine groups is 1. The Morgan fingerprint density at radius 3 is 1.92 bits per heavy atom. The number of carbonyl (C=O) groups excluding carboxylic acids is 7. The summed E-state index contributed by atoms with van der Waals surface area (Å²) in [4.78, 5) is 134. The maximum atomic E-state index is 14.6. The van der Waals surface area contributed by atoms with Crippen LogP contribution in [0.5, 0.6) is 5.75 Å². The number of carboxylic acid groups (broad SMARTS) is 2. The van der Waals surface area contributed by atoms with E-state index in [2.05, 4.69) is 46.9 Å². The Morgan fingerprint density at radius 1 is 0.763 bits per heavy atom. The number of aromatic nitrogens is 2. The summed E-state index contributed by atoms with van der Waals surface area (Å²) < 4.78 is 13.6. The van der Waals surface area contributed by atoms with Crippen LogP contribution in [0.15, 0.2) is 66.0 Å². The number of halogens is 1. The molecule has 0 saturated carbocycles. The molecule has 1 fully saturated rings. The molecule has 0 unspecified atom stereocenters. The first kappa shape index (κ1) is 60.4. The van der Waals surface area contributed by atoms with E-state index >= 15 is 0 Å². The largest absolute Gasteiger partial charge is 0.508 e. The van der Waals surface area contributed by atoms with E-state index in [0.717, 1.165) is 12.1 Å². The fraction of sp³-hybridized carbons (Fsp3) is 0.500. The van der Waals surface area contributed by atoms with E-state index in [4.69, 9.17) is 17.2 Å². The van der Waals surface area contributed by atoms with Gasteiger partial charge in [0.1, 0.15) is 53.9 Å². The van der Waals surface area contributed by atoms with E-state index in [1.54, 1.807) is 27.7 Å². The Labute approximate surface area is 438 Å². The molecule has 25 nitrogen and oxygen atoms in total. The zero-order chi connectivity index (χ0) is 56.2. The molecule has 26 heteroatoms. The van der Waals surface area contributed by atoms with Gasteiger partial charge in [-0.3, -0.25) is 43.3 Å². The number of aromatic hydroxyl groups is 1. The Bertz CT molecular complexity index is 2510. The van der Waals surface area contributed by atoms with Crippen molar-refractivity contribution in [3.63, 3.8) is 0 Å². The third-order valence-corrected chi connectivity index (χ3v) is 12.8. The van der Waals surface area contributed by atoms with E-state index in [-0.39, 0.29) is 63.3 Å². The highest BCUT2D eigenvalue weighted by Gasteiger charge is 2.41. The number of aliphatic carboxylic acids is 2. The van der Waals surface area contributed by atoms with Crippen molar-refractivity contribution in [2.24, 2.45) is 34.0 Å². The van der Waals surface area contributed by atoms with Crippen LogP contribution in [0.25, 0.3) is 0 Å². The number of nitrogens with two attached hydrogens (primary N) is 3. The molecule has 7 amide bonds. The molecule has 2 heterocycles. The summed E-state index contributed by atoms with van der Waals surface area (Å²) in [5.41, 5.74) is 18.0. The normalized spacial score (nSPS) is 16.3. The van der Waals surface area contributed by atoms with Crippen molar-refractivity contribution in [1.82, 2.24) is 46.8 Å². The first-order chi connectivity index (χ1) is 36.0. The zero-order valence-electron chi connectivity index (χ0n) is 42.8. The number of phenols is 1. The number of H-pyrrole nitrogens is 1. The van der Waals surface area contributed by atoms with Gasteiger partial charge < -0.3 is 74.3 Å². The van der Waals surface area contributed by atoms with E-state index < -0.39 is 126 Å². The van der Waals surface area contributed by atoms with E-state index in [1.165, 1.54) is 53.8 Å². The number of likely N-dealkylation sites (tertiary alicyclic amines) is 1. The second-order valence-corrected chi connectivity index (χ2v) is 19.0. The smallest absolute Gasteiger partial charge is 0.326 e. The monoisotopic (exact) mass is 1060 g/mol. The number of carboxylic acids is 2. The number of nitrogens with zero attached hydrogens (tertiary/aromatic N) is 3. The maximum Gasteiger partial charge on any atom is 0.326 e. The summed E-state index contributed by atoms with van der Waals surface area (Å²) in [6, 6.07) is -0.0114.